The lowest BCUT2D eigenvalue weighted by Crippen LogP contribution is -2.45. The van der Waals surface area contributed by atoms with Crippen LogP contribution in [0.25, 0.3) is 0 Å². The first-order valence-corrected chi connectivity index (χ1v) is 13.7. The fraction of sp³-hybridized carbons (Fsp3) is 0.440. The zero-order valence-corrected chi connectivity index (χ0v) is 23.0. The fourth-order valence-electron chi connectivity index (χ4n) is 3.69. The van der Waals surface area contributed by atoms with Crippen LogP contribution in [0.3, 0.4) is 0 Å². The molecule has 11 heteroatoms. The lowest BCUT2D eigenvalue weighted by molar-refractivity contribution is -0.146. The first-order valence-electron chi connectivity index (χ1n) is 11.5. The highest BCUT2D eigenvalue weighted by molar-refractivity contribution is 7.92. The van der Waals surface area contributed by atoms with Crippen molar-refractivity contribution in [3.05, 3.63) is 58.3 Å². The minimum atomic E-state index is -4.16. The number of amides is 1. The highest BCUT2D eigenvalue weighted by Gasteiger charge is 2.31. The lowest BCUT2D eigenvalue weighted by Gasteiger charge is -2.31. The normalized spacial score (nSPS) is 13.2. The fourth-order valence-corrected chi connectivity index (χ4v) is 5.67. The molecule has 198 valence electrons. The van der Waals surface area contributed by atoms with Crippen molar-refractivity contribution >= 4 is 50.8 Å². The molecular formula is C25H31Cl2FN2O5S. The summed E-state index contributed by atoms with van der Waals surface area (Å²) < 4.78 is 47.6. The molecular weight excluding hydrogens is 530 g/mol. The van der Waals surface area contributed by atoms with E-state index >= 15 is 0 Å². The molecule has 0 aliphatic rings. The van der Waals surface area contributed by atoms with Crippen molar-refractivity contribution < 1.29 is 27.1 Å². The quantitative estimate of drug-likeness (QED) is 0.270. The van der Waals surface area contributed by atoms with Crippen LogP contribution in [0.15, 0.2) is 47.4 Å². The van der Waals surface area contributed by atoms with Crippen LogP contribution in [0, 0.1) is 11.7 Å². The molecule has 2 aromatic carbocycles. The first-order chi connectivity index (χ1) is 16.9. The van der Waals surface area contributed by atoms with E-state index in [2.05, 4.69) is 5.32 Å². The molecule has 36 heavy (non-hydrogen) atoms. The molecule has 1 amide bonds. The minimum Gasteiger partial charge on any atom is -0.467 e. The molecule has 0 bridgehead atoms. The topological polar surface area (TPSA) is 92.8 Å². The SMILES string of the molecule is COC(=O)[C@@H](NC(=O)CCCC[C@@H](C)N(c1cc(Cl)ccc1F)S(=O)(=O)c1ccc(Cl)cc1)C(C)C. The number of hydrogen-bond donors (Lipinski definition) is 1. The van der Waals surface area contributed by atoms with E-state index in [9.17, 15) is 22.4 Å². The molecule has 0 aromatic heterocycles. The molecule has 0 aliphatic carbocycles. The second-order valence-electron chi connectivity index (χ2n) is 8.76. The number of halogens is 3. The number of benzene rings is 2. The molecule has 7 nitrogen and oxygen atoms in total. The van der Waals surface area contributed by atoms with Gasteiger partial charge >= 0.3 is 5.97 Å². The van der Waals surface area contributed by atoms with Crippen molar-refractivity contribution in [2.24, 2.45) is 5.92 Å². The zero-order valence-electron chi connectivity index (χ0n) is 20.6. The Hall–Kier alpha value is -2.36. The molecule has 0 spiro atoms. The highest BCUT2D eigenvalue weighted by Crippen LogP contribution is 2.32. The summed E-state index contributed by atoms with van der Waals surface area (Å²) in [6.07, 6.45) is 1.40. The first kappa shape index (κ1) is 29.9. The van der Waals surface area contributed by atoms with Gasteiger partial charge in [-0.3, -0.25) is 9.10 Å². The zero-order chi connectivity index (χ0) is 27.0. The van der Waals surface area contributed by atoms with E-state index in [4.69, 9.17) is 27.9 Å². The van der Waals surface area contributed by atoms with Gasteiger partial charge in [0.2, 0.25) is 5.91 Å². The van der Waals surface area contributed by atoms with Crippen LogP contribution in [-0.4, -0.2) is 39.5 Å². The van der Waals surface area contributed by atoms with Crippen LogP contribution in [0.1, 0.15) is 46.5 Å². The number of methoxy groups -OCH3 is 1. The molecule has 0 radical (unpaired) electrons. The maximum atomic E-state index is 14.8. The standard InChI is InChI=1S/C25H31Cl2FN2O5S/c1-16(2)24(25(32)35-4)29-23(31)8-6-5-7-17(3)30(22-15-19(27)11-14-21(22)28)36(33,34)20-12-9-18(26)10-13-20/h9-17,24H,5-8H2,1-4H3,(H,29,31)/t17-,24+/m1/s1. The molecule has 2 atom stereocenters. The Balaban J connectivity index is 2.16. The van der Waals surface area contributed by atoms with E-state index in [1.807, 2.05) is 0 Å². The second-order valence-corrected chi connectivity index (χ2v) is 11.4. The predicted molar refractivity (Wildman–Crippen MR) is 139 cm³/mol. The van der Waals surface area contributed by atoms with Gasteiger partial charge in [0, 0.05) is 22.5 Å². The Morgan fingerprint density at radius 3 is 2.22 bits per heavy atom. The molecule has 0 saturated heterocycles. The van der Waals surface area contributed by atoms with Crippen molar-refractivity contribution in [3.8, 4) is 0 Å². The van der Waals surface area contributed by atoms with Crippen molar-refractivity contribution in [3.63, 3.8) is 0 Å². The van der Waals surface area contributed by atoms with E-state index < -0.39 is 33.9 Å². The minimum absolute atomic E-state index is 0.0416. The lowest BCUT2D eigenvalue weighted by atomic mass is 10.0. The summed E-state index contributed by atoms with van der Waals surface area (Å²) in [7, 11) is -2.89. The van der Waals surface area contributed by atoms with Crippen LogP contribution in [0.5, 0.6) is 0 Å². The Kier molecular flexibility index (Phi) is 11.0. The van der Waals surface area contributed by atoms with E-state index in [1.165, 1.54) is 43.5 Å². The van der Waals surface area contributed by atoms with E-state index in [1.54, 1.807) is 20.8 Å². The van der Waals surface area contributed by atoms with Gasteiger partial charge in [-0.15, -0.1) is 0 Å². The third-order valence-corrected chi connectivity index (χ3v) is 8.06. The van der Waals surface area contributed by atoms with Crippen molar-refractivity contribution in [1.82, 2.24) is 5.32 Å². The van der Waals surface area contributed by atoms with E-state index in [0.717, 1.165) is 10.4 Å². The molecule has 0 fully saturated rings. The summed E-state index contributed by atoms with van der Waals surface area (Å²) in [5.74, 6) is -1.69. The number of carbonyl (C=O) groups is 2. The van der Waals surface area contributed by atoms with Crippen molar-refractivity contribution in [2.75, 3.05) is 11.4 Å². The summed E-state index contributed by atoms with van der Waals surface area (Å²) >= 11 is 12.0. The van der Waals surface area contributed by atoms with Gasteiger partial charge in [-0.2, -0.15) is 0 Å². The summed E-state index contributed by atoms with van der Waals surface area (Å²) in [6.45, 7) is 5.27. The molecule has 2 aromatic rings. The van der Waals surface area contributed by atoms with Gasteiger partial charge in [-0.1, -0.05) is 43.5 Å². The number of esters is 1. The number of carbonyl (C=O) groups excluding carboxylic acids is 2. The van der Waals surface area contributed by atoms with Gasteiger partial charge in [0.25, 0.3) is 10.0 Å². The Bertz CT molecular complexity index is 1160. The van der Waals surface area contributed by atoms with Crippen LogP contribution in [0.4, 0.5) is 10.1 Å². The largest absolute Gasteiger partial charge is 0.467 e. The molecule has 0 heterocycles. The number of sulfonamides is 1. The van der Waals surface area contributed by atoms with Crippen LogP contribution >= 0.6 is 23.2 Å². The maximum absolute atomic E-state index is 14.8. The van der Waals surface area contributed by atoms with Crippen LogP contribution in [0.2, 0.25) is 10.0 Å². The van der Waals surface area contributed by atoms with Gasteiger partial charge in [0.05, 0.1) is 17.7 Å². The Morgan fingerprint density at radius 1 is 1.03 bits per heavy atom. The summed E-state index contributed by atoms with van der Waals surface area (Å²) in [6, 6.07) is 7.94. The monoisotopic (exact) mass is 560 g/mol. The predicted octanol–water partition coefficient (Wildman–Crippen LogP) is 5.59. The van der Waals surface area contributed by atoms with Crippen molar-refractivity contribution in [1.29, 1.82) is 0 Å². The summed E-state index contributed by atoms with van der Waals surface area (Å²) in [5, 5.41) is 3.23. The average molecular weight is 562 g/mol. The third kappa shape index (κ3) is 7.82. The number of nitrogens with zero attached hydrogens (tertiary/aromatic N) is 1. The van der Waals surface area contributed by atoms with E-state index in [-0.39, 0.29) is 33.9 Å². The molecule has 1 N–H and O–H groups in total. The number of anilines is 1. The van der Waals surface area contributed by atoms with Crippen molar-refractivity contribution in [2.45, 2.75) is 63.4 Å². The highest BCUT2D eigenvalue weighted by atomic mass is 35.5. The Labute approximate surface area is 222 Å². The van der Waals surface area contributed by atoms with Gasteiger partial charge in [0.15, 0.2) is 0 Å². The number of hydrogen-bond acceptors (Lipinski definition) is 5. The average Bonchev–Trinajstić information content (AvgIpc) is 2.82. The third-order valence-electron chi connectivity index (χ3n) is 5.63. The summed E-state index contributed by atoms with van der Waals surface area (Å²) in [5.41, 5.74) is -0.166. The summed E-state index contributed by atoms with van der Waals surface area (Å²) in [4.78, 5) is 24.1. The number of nitrogens with one attached hydrogen (secondary N) is 1. The van der Waals surface area contributed by atoms with Crippen LogP contribution in [-0.2, 0) is 24.3 Å². The Morgan fingerprint density at radius 2 is 1.64 bits per heavy atom. The number of rotatable bonds is 12. The number of unbranched alkanes of at least 4 members (excludes halogenated alkanes) is 1. The maximum Gasteiger partial charge on any atom is 0.328 e. The molecule has 0 unspecified atom stereocenters. The second kappa shape index (κ2) is 13.3. The molecule has 0 aliphatic heterocycles. The van der Waals surface area contributed by atoms with Crippen LogP contribution < -0.4 is 9.62 Å². The van der Waals surface area contributed by atoms with Gasteiger partial charge in [-0.25, -0.2) is 17.6 Å². The molecule has 2 rings (SSSR count). The number of ether oxygens (including phenoxy) is 1. The smallest absolute Gasteiger partial charge is 0.328 e. The molecule has 0 saturated carbocycles. The van der Waals surface area contributed by atoms with Gasteiger partial charge in [-0.05, 0) is 68.1 Å². The van der Waals surface area contributed by atoms with Gasteiger partial charge in [0.1, 0.15) is 11.9 Å². The van der Waals surface area contributed by atoms with E-state index in [0.29, 0.717) is 24.3 Å². The van der Waals surface area contributed by atoms with Gasteiger partial charge < -0.3 is 10.1 Å².